The molecule has 2 rings (SSSR count). The fourth-order valence-electron chi connectivity index (χ4n) is 2.00. The number of piperidine rings is 1. The monoisotopic (exact) mass is 210 g/mol. The Hall–Kier alpha value is -0.380. The first-order chi connectivity index (χ1) is 6.75. The van der Waals surface area contributed by atoms with Gasteiger partial charge in [-0.25, -0.2) is 0 Å². The topological polar surface area (TPSA) is 29.3 Å². The number of aryl methyl sites for hydroxylation is 1. The molecule has 78 valence electrons. The van der Waals surface area contributed by atoms with Gasteiger partial charge in [-0.2, -0.15) is 0 Å². The van der Waals surface area contributed by atoms with E-state index in [4.69, 9.17) is 5.73 Å². The van der Waals surface area contributed by atoms with E-state index in [1.165, 1.54) is 29.8 Å². The van der Waals surface area contributed by atoms with Crippen LogP contribution in [0.25, 0.3) is 0 Å². The van der Waals surface area contributed by atoms with Crippen LogP contribution in [0.15, 0.2) is 11.4 Å². The number of hydrogen-bond acceptors (Lipinski definition) is 3. The second kappa shape index (κ2) is 4.43. The zero-order valence-corrected chi connectivity index (χ0v) is 9.52. The molecule has 0 aromatic carbocycles. The third-order valence-electron chi connectivity index (χ3n) is 2.88. The normalized spacial score (nSPS) is 24.0. The summed E-state index contributed by atoms with van der Waals surface area (Å²) >= 11 is 1.86. The van der Waals surface area contributed by atoms with Crippen LogP contribution in [0.1, 0.15) is 23.3 Å². The molecule has 1 saturated heterocycles. The van der Waals surface area contributed by atoms with Crippen LogP contribution in [0.4, 0.5) is 0 Å². The van der Waals surface area contributed by atoms with E-state index in [0.29, 0.717) is 6.04 Å². The number of rotatable bonds is 2. The Morgan fingerprint density at radius 2 is 2.50 bits per heavy atom. The third kappa shape index (κ3) is 2.35. The maximum atomic E-state index is 5.95. The molecule has 1 fully saturated rings. The van der Waals surface area contributed by atoms with Crippen molar-refractivity contribution in [3.63, 3.8) is 0 Å². The van der Waals surface area contributed by atoms with Crippen molar-refractivity contribution in [1.82, 2.24) is 4.90 Å². The predicted molar refractivity (Wildman–Crippen MR) is 61.5 cm³/mol. The van der Waals surface area contributed by atoms with Gasteiger partial charge < -0.3 is 5.73 Å². The number of likely N-dealkylation sites (tertiary alicyclic amines) is 1. The van der Waals surface area contributed by atoms with Crippen molar-refractivity contribution >= 4 is 11.3 Å². The van der Waals surface area contributed by atoms with Crippen molar-refractivity contribution in [1.29, 1.82) is 0 Å². The van der Waals surface area contributed by atoms with Gasteiger partial charge in [-0.1, -0.05) is 0 Å². The lowest BCUT2D eigenvalue weighted by Crippen LogP contribution is -2.42. The van der Waals surface area contributed by atoms with Gasteiger partial charge in [0.2, 0.25) is 0 Å². The summed E-state index contributed by atoms with van der Waals surface area (Å²) in [5, 5.41) is 2.18. The van der Waals surface area contributed by atoms with Gasteiger partial charge in [0.25, 0.3) is 0 Å². The molecule has 0 spiro atoms. The highest BCUT2D eigenvalue weighted by molar-refractivity contribution is 7.10. The maximum Gasteiger partial charge on any atom is 0.0331 e. The van der Waals surface area contributed by atoms with Crippen molar-refractivity contribution in [3.05, 3.63) is 21.9 Å². The van der Waals surface area contributed by atoms with Crippen LogP contribution >= 0.6 is 11.3 Å². The number of nitrogens with two attached hydrogens (primary N) is 1. The van der Waals surface area contributed by atoms with E-state index in [-0.39, 0.29) is 0 Å². The highest BCUT2D eigenvalue weighted by Crippen LogP contribution is 2.19. The maximum absolute atomic E-state index is 5.95. The first kappa shape index (κ1) is 10.1. The molecule has 0 bridgehead atoms. The van der Waals surface area contributed by atoms with Crippen molar-refractivity contribution < 1.29 is 0 Å². The van der Waals surface area contributed by atoms with E-state index in [2.05, 4.69) is 23.3 Å². The average molecular weight is 210 g/mol. The lowest BCUT2D eigenvalue weighted by atomic mass is 10.1. The second-order valence-electron chi connectivity index (χ2n) is 4.16. The second-order valence-corrected chi connectivity index (χ2v) is 5.16. The molecule has 2 N–H and O–H groups in total. The summed E-state index contributed by atoms with van der Waals surface area (Å²) in [7, 11) is 0. The Labute approximate surface area is 89.7 Å². The van der Waals surface area contributed by atoms with Gasteiger partial charge in [0.15, 0.2) is 0 Å². The smallest absolute Gasteiger partial charge is 0.0331 e. The van der Waals surface area contributed by atoms with Crippen LogP contribution in [0.2, 0.25) is 0 Å². The van der Waals surface area contributed by atoms with Gasteiger partial charge in [-0.15, -0.1) is 11.3 Å². The molecule has 1 aliphatic heterocycles. The Morgan fingerprint density at radius 1 is 1.64 bits per heavy atom. The van der Waals surface area contributed by atoms with Crippen molar-refractivity contribution in [2.75, 3.05) is 13.1 Å². The fraction of sp³-hybridized carbons (Fsp3) is 0.636. The quantitative estimate of drug-likeness (QED) is 0.809. The molecule has 2 heterocycles. The highest BCUT2D eigenvalue weighted by Gasteiger charge is 2.17. The molecule has 0 amide bonds. The summed E-state index contributed by atoms with van der Waals surface area (Å²) < 4.78 is 0. The molecule has 0 aliphatic carbocycles. The molecule has 1 aliphatic rings. The van der Waals surface area contributed by atoms with Crippen LogP contribution < -0.4 is 5.73 Å². The molecule has 0 radical (unpaired) electrons. The van der Waals surface area contributed by atoms with Crippen LogP contribution in [0.3, 0.4) is 0 Å². The first-order valence-electron chi connectivity index (χ1n) is 5.26. The summed E-state index contributed by atoms with van der Waals surface area (Å²) in [6.45, 7) is 5.56. The van der Waals surface area contributed by atoms with Crippen LogP contribution in [0, 0.1) is 6.92 Å². The van der Waals surface area contributed by atoms with E-state index in [1.54, 1.807) is 0 Å². The molecule has 1 aromatic heterocycles. The molecule has 1 unspecified atom stereocenters. The predicted octanol–water partition coefficient (Wildman–Crippen LogP) is 1.98. The number of nitrogens with zero attached hydrogens (tertiary/aromatic N) is 1. The SMILES string of the molecule is Cc1ccsc1CN1CCCC(N)C1. The van der Waals surface area contributed by atoms with Gasteiger partial charge in [0.05, 0.1) is 0 Å². The Kier molecular flexibility index (Phi) is 3.21. The summed E-state index contributed by atoms with van der Waals surface area (Å²) in [6.07, 6.45) is 2.45. The van der Waals surface area contributed by atoms with Gasteiger partial charge in [-0.05, 0) is 43.3 Å². The molecule has 2 nitrogen and oxygen atoms in total. The van der Waals surface area contributed by atoms with Gasteiger partial charge in [0.1, 0.15) is 0 Å². The van der Waals surface area contributed by atoms with E-state index < -0.39 is 0 Å². The molecule has 0 saturated carbocycles. The van der Waals surface area contributed by atoms with Crippen molar-refractivity contribution in [2.45, 2.75) is 32.4 Å². The molecular weight excluding hydrogens is 192 g/mol. The molecule has 1 atom stereocenters. The fourth-order valence-corrected chi connectivity index (χ4v) is 2.95. The highest BCUT2D eigenvalue weighted by atomic mass is 32.1. The first-order valence-corrected chi connectivity index (χ1v) is 6.14. The lowest BCUT2D eigenvalue weighted by Gasteiger charge is -2.30. The minimum atomic E-state index is 0.393. The minimum absolute atomic E-state index is 0.393. The van der Waals surface area contributed by atoms with Crippen molar-refractivity contribution in [2.24, 2.45) is 5.73 Å². The molecule has 14 heavy (non-hydrogen) atoms. The zero-order valence-electron chi connectivity index (χ0n) is 8.70. The van der Waals surface area contributed by atoms with Gasteiger partial charge in [-0.3, -0.25) is 4.90 Å². The standard InChI is InChI=1S/C11H18N2S/c1-9-4-6-14-11(9)8-13-5-2-3-10(12)7-13/h4,6,10H,2-3,5,7-8,12H2,1H3. The molecule has 3 heteroatoms. The summed E-state index contributed by atoms with van der Waals surface area (Å²) in [6, 6.07) is 2.59. The number of thiophene rings is 1. The number of hydrogen-bond donors (Lipinski definition) is 1. The Morgan fingerprint density at radius 3 is 3.14 bits per heavy atom. The zero-order chi connectivity index (χ0) is 9.97. The van der Waals surface area contributed by atoms with E-state index in [1.807, 2.05) is 11.3 Å². The molecule has 1 aromatic rings. The largest absolute Gasteiger partial charge is 0.327 e. The van der Waals surface area contributed by atoms with Crippen LogP contribution in [0.5, 0.6) is 0 Å². The summed E-state index contributed by atoms with van der Waals surface area (Å²) in [5.41, 5.74) is 7.38. The Bertz CT molecular complexity index is 295. The van der Waals surface area contributed by atoms with Gasteiger partial charge in [0, 0.05) is 24.0 Å². The average Bonchev–Trinajstić information content (AvgIpc) is 2.52. The Balaban J connectivity index is 1.94. The van der Waals surface area contributed by atoms with Crippen LogP contribution in [-0.4, -0.2) is 24.0 Å². The molecular formula is C11H18N2S. The van der Waals surface area contributed by atoms with Gasteiger partial charge >= 0.3 is 0 Å². The van der Waals surface area contributed by atoms with Crippen LogP contribution in [-0.2, 0) is 6.54 Å². The van der Waals surface area contributed by atoms with E-state index >= 15 is 0 Å². The van der Waals surface area contributed by atoms with Crippen molar-refractivity contribution in [3.8, 4) is 0 Å². The van der Waals surface area contributed by atoms with E-state index in [0.717, 1.165) is 13.1 Å². The third-order valence-corrected chi connectivity index (χ3v) is 3.89. The lowest BCUT2D eigenvalue weighted by molar-refractivity contribution is 0.203. The minimum Gasteiger partial charge on any atom is -0.327 e. The summed E-state index contributed by atoms with van der Waals surface area (Å²) in [4.78, 5) is 3.98. The summed E-state index contributed by atoms with van der Waals surface area (Å²) in [5.74, 6) is 0. The van der Waals surface area contributed by atoms with E-state index in [9.17, 15) is 0 Å².